The molecule has 0 aliphatic rings. The molecule has 0 saturated carbocycles. The Morgan fingerprint density at radius 1 is 1.00 bits per heavy atom. The second-order valence-electron chi connectivity index (χ2n) is 6.65. The lowest BCUT2D eigenvalue weighted by Gasteiger charge is -2.19. The van der Waals surface area contributed by atoms with Crippen LogP contribution in [0.5, 0.6) is 5.75 Å². The molecule has 0 fully saturated rings. The maximum absolute atomic E-state index is 12.3. The molecule has 23 heavy (non-hydrogen) atoms. The Morgan fingerprint density at radius 2 is 1.61 bits per heavy atom. The molecular weight excluding hydrogens is 286 g/mol. The Labute approximate surface area is 138 Å². The van der Waals surface area contributed by atoms with Crippen molar-refractivity contribution < 1.29 is 9.53 Å². The van der Waals surface area contributed by atoms with Crippen molar-refractivity contribution >= 4 is 11.6 Å². The number of rotatable bonds is 5. The van der Waals surface area contributed by atoms with Gasteiger partial charge in [-0.3, -0.25) is 4.79 Å². The van der Waals surface area contributed by atoms with Gasteiger partial charge in [0.25, 0.3) is 5.91 Å². The van der Waals surface area contributed by atoms with Gasteiger partial charge in [-0.2, -0.15) is 0 Å². The van der Waals surface area contributed by atoms with E-state index in [-0.39, 0.29) is 11.3 Å². The number of carbonyl (C=O) groups excluding carboxylic acids is 1. The molecule has 0 aromatic heterocycles. The lowest BCUT2D eigenvalue weighted by molar-refractivity contribution is 0.102. The molecule has 0 heterocycles. The summed E-state index contributed by atoms with van der Waals surface area (Å²) >= 11 is 0. The van der Waals surface area contributed by atoms with E-state index in [9.17, 15) is 4.79 Å². The smallest absolute Gasteiger partial charge is 0.255 e. The van der Waals surface area contributed by atoms with E-state index in [2.05, 4.69) is 45.1 Å². The van der Waals surface area contributed by atoms with Crippen molar-refractivity contribution in [2.75, 3.05) is 11.9 Å². The molecule has 122 valence electrons. The highest BCUT2D eigenvalue weighted by atomic mass is 16.5. The summed E-state index contributed by atoms with van der Waals surface area (Å²) < 4.78 is 5.52. The normalized spacial score (nSPS) is 11.1. The van der Waals surface area contributed by atoms with Gasteiger partial charge in [0.05, 0.1) is 6.61 Å². The lowest BCUT2D eigenvalue weighted by atomic mass is 9.87. The van der Waals surface area contributed by atoms with Gasteiger partial charge in [-0.05, 0) is 53.8 Å². The molecule has 2 aromatic rings. The van der Waals surface area contributed by atoms with Gasteiger partial charge in [0.15, 0.2) is 0 Å². The molecule has 1 N–H and O–H groups in total. The van der Waals surface area contributed by atoms with E-state index in [4.69, 9.17) is 4.74 Å². The molecule has 0 atom stereocenters. The molecule has 0 aliphatic carbocycles. The first kappa shape index (κ1) is 17.1. The predicted octanol–water partition coefficient (Wildman–Crippen LogP) is 5.03. The SMILES string of the molecule is CCCOc1ccc(C(=O)Nc2ccc(C(C)(C)C)cc2)cc1. The summed E-state index contributed by atoms with van der Waals surface area (Å²) in [6.45, 7) is 9.26. The van der Waals surface area contributed by atoms with Gasteiger partial charge in [0.2, 0.25) is 0 Å². The van der Waals surface area contributed by atoms with Gasteiger partial charge in [-0.15, -0.1) is 0 Å². The first-order valence-corrected chi connectivity index (χ1v) is 8.05. The largest absolute Gasteiger partial charge is 0.494 e. The third-order valence-corrected chi connectivity index (χ3v) is 3.60. The summed E-state index contributed by atoms with van der Waals surface area (Å²) in [4.78, 5) is 12.3. The zero-order chi connectivity index (χ0) is 16.9. The van der Waals surface area contributed by atoms with E-state index in [1.807, 2.05) is 24.3 Å². The number of hydrogen-bond donors (Lipinski definition) is 1. The first-order valence-electron chi connectivity index (χ1n) is 8.05. The molecule has 2 aromatic carbocycles. The van der Waals surface area contributed by atoms with Crippen molar-refractivity contribution in [3.63, 3.8) is 0 Å². The summed E-state index contributed by atoms with van der Waals surface area (Å²) in [5.41, 5.74) is 2.77. The molecule has 0 bridgehead atoms. The van der Waals surface area contributed by atoms with Crippen molar-refractivity contribution in [3.8, 4) is 5.75 Å². The number of amides is 1. The van der Waals surface area contributed by atoms with Crippen molar-refractivity contribution in [1.29, 1.82) is 0 Å². The minimum Gasteiger partial charge on any atom is -0.494 e. The molecular formula is C20H25NO2. The van der Waals surface area contributed by atoms with Crippen LogP contribution in [0.15, 0.2) is 48.5 Å². The molecule has 3 nitrogen and oxygen atoms in total. The highest BCUT2D eigenvalue weighted by molar-refractivity contribution is 6.04. The number of ether oxygens (including phenoxy) is 1. The van der Waals surface area contributed by atoms with Gasteiger partial charge in [0, 0.05) is 11.3 Å². The Morgan fingerprint density at radius 3 is 2.13 bits per heavy atom. The van der Waals surface area contributed by atoms with Crippen LogP contribution in [0.2, 0.25) is 0 Å². The highest BCUT2D eigenvalue weighted by Gasteiger charge is 2.13. The Bertz CT molecular complexity index is 637. The summed E-state index contributed by atoms with van der Waals surface area (Å²) in [6, 6.07) is 15.2. The van der Waals surface area contributed by atoms with Crippen molar-refractivity contribution in [2.24, 2.45) is 0 Å². The van der Waals surface area contributed by atoms with Crippen LogP contribution in [0.25, 0.3) is 0 Å². The monoisotopic (exact) mass is 311 g/mol. The van der Waals surface area contributed by atoms with Crippen LogP contribution in [0.3, 0.4) is 0 Å². The average Bonchev–Trinajstić information content (AvgIpc) is 2.53. The Hall–Kier alpha value is -2.29. The summed E-state index contributed by atoms with van der Waals surface area (Å²) in [5, 5.41) is 2.92. The lowest BCUT2D eigenvalue weighted by Crippen LogP contribution is -2.13. The summed E-state index contributed by atoms with van der Waals surface area (Å²) in [5.74, 6) is 0.675. The molecule has 0 spiro atoms. The van der Waals surface area contributed by atoms with Crippen molar-refractivity contribution in [2.45, 2.75) is 39.5 Å². The third-order valence-electron chi connectivity index (χ3n) is 3.60. The average molecular weight is 311 g/mol. The quantitative estimate of drug-likeness (QED) is 0.841. The van der Waals surface area contributed by atoms with Crippen LogP contribution >= 0.6 is 0 Å². The molecule has 0 unspecified atom stereocenters. The molecule has 3 heteroatoms. The Balaban J connectivity index is 2.01. The van der Waals surface area contributed by atoms with Crippen LogP contribution in [0.4, 0.5) is 5.69 Å². The van der Waals surface area contributed by atoms with E-state index in [1.54, 1.807) is 12.1 Å². The van der Waals surface area contributed by atoms with Crippen LogP contribution in [0.1, 0.15) is 50.0 Å². The second kappa shape index (κ2) is 7.32. The number of carbonyl (C=O) groups is 1. The van der Waals surface area contributed by atoms with E-state index in [0.29, 0.717) is 12.2 Å². The van der Waals surface area contributed by atoms with Crippen molar-refractivity contribution in [1.82, 2.24) is 0 Å². The van der Waals surface area contributed by atoms with Gasteiger partial charge in [-0.1, -0.05) is 39.8 Å². The van der Waals surface area contributed by atoms with Crippen LogP contribution in [0, 0.1) is 0 Å². The number of benzene rings is 2. The fraction of sp³-hybridized carbons (Fsp3) is 0.350. The first-order chi connectivity index (χ1) is 10.9. The number of hydrogen-bond acceptors (Lipinski definition) is 2. The second-order valence-corrected chi connectivity index (χ2v) is 6.65. The van der Waals surface area contributed by atoms with E-state index in [1.165, 1.54) is 5.56 Å². The molecule has 0 aliphatic heterocycles. The standard InChI is InChI=1S/C20H25NO2/c1-5-14-23-18-12-6-15(7-13-18)19(22)21-17-10-8-16(9-11-17)20(2,3)4/h6-13H,5,14H2,1-4H3,(H,21,22). The van der Waals surface area contributed by atoms with Crippen LogP contribution in [-0.2, 0) is 5.41 Å². The van der Waals surface area contributed by atoms with E-state index in [0.717, 1.165) is 17.9 Å². The molecule has 2 rings (SSSR count). The van der Waals surface area contributed by atoms with Gasteiger partial charge < -0.3 is 10.1 Å². The van der Waals surface area contributed by atoms with Gasteiger partial charge in [-0.25, -0.2) is 0 Å². The van der Waals surface area contributed by atoms with E-state index < -0.39 is 0 Å². The van der Waals surface area contributed by atoms with Crippen molar-refractivity contribution in [3.05, 3.63) is 59.7 Å². The Kier molecular flexibility index (Phi) is 5.43. The van der Waals surface area contributed by atoms with Crippen LogP contribution < -0.4 is 10.1 Å². The number of anilines is 1. The maximum atomic E-state index is 12.3. The highest BCUT2D eigenvalue weighted by Crippen LogP contribution is 2.23. The predicted molar refractivity (Wildman–Crippen MR) is 95.3 cm³/mol. The zero-order valence-corrected chi connectivity index (χ0v) is 14.3. The fourth-order valence-corrected chi connectivity index (χ4v) is 2.18. The maximum Gasteiger partial charge on any atom is 0.255 e. The zero-order valence-electron chi connectivity index (χ0n) is 14.3. The molecule has 1 amide bonds. The van der Waals surface area contributed by atoms with Crippen LogP contribution in [-0.4, -0.2) is 12.5 Å². The molecule has 0 radical (unpaired) electrons. The minimum atomic E-state index is -0.115. The molecule has 0 saturated heterocycles. The topological polar surface area (TPSA) is 38.3 Å². The van der Waals surface area contributed by atoms with Gasteiger partial charge in [0.1, 0.15) is 5.75 Å². The summed E-state index contributed by atoms with van der Waals surface area (Å²) in [7, 11) is 0. The summed E-state index contributed by atoms with van der Waals surface area (Å²) in [6.07, 6.45) is 0.965. The number of nitrogens with one attached hydrogen (secondary N) is 1. The third kappa shape index (κ3) is 4.85. The van der Waals surface area contributed by atoms with Gasteiger partial charge >= 0.3 is 0 Å². The van der Waals surface area contributed by atoms with E-state index >= 15 is 0 Å². The fourth-order valence-electron chi connectivity index (χ4n) is 2.18. The minimum absolute atomic E-state index is 0.108.